The van der Waals surface area contributed by atoms with E-state index in [9.17, 15) is 10.1 Å². The average molecular weight is 387 g/mol. The number of aromatic nitrogens is 2. The fourth-order valence-corrected chi connectivity index (χ4v) is 3.54. The number of hydrogen-bond acceptors (Lipinski definition) is 5. The van der Waals surface area contributed by atoms with Crippen molar-refractivity contribution in [1.82, 2.24) is 14.5 Å². The van der Waals surface area contributed by atoms with Gasteiger partial charge in [-0.25, -0.2) is 4.98 Å². The lowest BCUT2D eigenvalue weighted by molar-refractivity contribution is -0.121. The zero-order valence-corrected chi connectivity index (χ0v) is 16.2. The van der Waals surface area contributed by atoms with Gasteiger partial charge in [-0.3, -0.25) is 9.69 Å². The molecule has 3 aromatic rings. The fourth-order valence-electron chi connectivity index (χ4n) is 3.54. The Morgan fingerprint density at radius 3 is 2.66 bits per heavy atom. The molecule has 0 aliphatic carbocycles. The minimum Gasteiger partial charge on any atom is -0.497 e. The molecule has 0 bridgehead atoms. The van der Waals surface area contributed by atoms with Crippen molar-refractivity contribution in [2.24, 2.45) is 0 Å². The van der Waals surface area contributed by atoms with Gasteiger partial charge in [0.2, 0.25) is 5.91 Å². The van der Waals surface area contributed by atoms with Gasteiger partial charge < -0.3 is 14.2 Å². The van der Waals surface area contributed by atoms with Gasteiger partial charge in [0.15, 0.2) is 0 Å². The SMILES string of the molecule is COc1ccc(-n2ccnc2CN2CCN(c3ccccc3C#N)C(=O)C2)cc1. The van der Waals surface area contributed by atoms with E-state index in [1.165, 1.54) is 0 Å². The van der Waals surface area contributed by atoms with Gasteiger partial charge in [0.25, 0.3) is 0 Å². The maximum atomic E-state index is 12.8. The van der Waals surface area contributed by atoms with Gasteiger partial charge in [-0.1, -0.05) is 12.1 Å². The topological polar surface area (TPSA) is 74.4 Å². The number of anilines is 1. The molecule has 1 fully saturated rings. The van der Waals surface area contributed by atoms with Crippen molar-refractivity contribution in [2.75, 3.05) is 31.6 Å². The van der Waals surface area contributed by atoms with Gasteiger partial charge in [-0.05, 0) is 36.4 Å². The highest BCUT2D eigenvalue weighted by molar-refractivity contribution is 5.96. The van der Waals surface area contributed by atoms with Crippen LogP contribution in [0.15, 0.2) is 60.9 Å². The Bertz CT molecular complexity index is 1050. The third-order valence-electron chi connectivity index (χ3n) is 5.05. The first-order valence-electron chi connectivity index (χ1n) is 9.38. The van der Waals surface area contributed by atoms with Gasteiger partial charge in [-0.2, -0.15) is 5.26 Å². The van der Waals surface area contributed by atoms with Crippen molar-refractivity contribution in [2.45, 2.75) is 6.54 Å². The van der Waals surface area contributed by atoms with E-state index in [4.69, 9.17) is 4.74 Å². The molecule has 0 radical (unpaired) electrons. The Hall–Kier alpha value is -3.63. The quantitative estimate of drug-likeness (QED) is 0.673. The minimum absolute atomic E-state index is 0.0125. The van der Waals surface area contributed by atoms with E-state index >= 15 is 0 Å². The maximum Gasteiger partial charge on any atom is 0.241 e. The Kier molecular flexibility index (Phi) is 5.27. The monoisotopic (exact) mass is 387 g/mol. The summed E-state index contributed by atoms with van der Waals surface area (Å²) in [6, 6.07) is 17.2. The summed E-state index contributed by atoms with van der Waals surface area (Å²) in [5.41, 5.74) is 2.19. The van der Waals surface area contributed by atoms with Crippen molar-refractivity contribution >= 4 is 11.6 Å². The summed E-state index contributed by atoms with van der Waals surface area (Å²) >= 11 is 0. The molecule has 0 spiro atoms. The molecule has 1 saturated heterocycles. The number of carbonyl (C=O) groups excluding carboxylic acids is 1. The number of para-hydroxylation sites is 1. The van der Waals surface area contributed by atoms with Crippen LogP contribution in [0.4, 0.5) is 5.69 Å². The summed E-state index contributed by atoms with van der Waals surface area (Å²) in [5.74, 6) is 1.66. The Morgan fingerprint density at radius 1 is 1.14 bits per heavy atom. The van der Waals surface area contributed by atoms with Crippen LogP contribution in [0, 0.1) is 11.3 Å². The van der Waals surface area contributed by atoms with Gasteiger partial charge in [-0.15, -0.1) is 0 Å². The first-order chi connectivity index (χ1) is 14.2. The van der Waals surface area contributed by atoms with Gasteiger partial charge in [0, 0.05) is 31.2 Å². The molecule has 2 heterocycles. The number of benzene rings is 2. The highest BCUT2D eigenvalue weighted by Crippen LogP contribution is 2.23. The van der Waals surface area contributed by atoms with Crippen LogP contribution < -0.4 is 9.64 Å². The van der Waals surface area contributed by atoms with Crippen molar-refractivity contribution in [1.29, 1.82) is 5.26 Å². The number of carbonyl (C=O) groups is 1. The van der Waals surface area contributed by atoms with E-state index in [-0.39, 0.29) is 12.5 Å². The molecule has 0 atom stereocenters. The van der Waals surface area contributed by atoms with Gasteiger partial charge in [0.1, 0.15) is 17.6 Å². The summed E-state index contributed by atoms with van der Waals surface area (Å²) in [6.07, 6.45) is 3.68. The molecular formula is C22H21N5O2. The summed E-state index contributed by atoms with van der Waals surface area (Å²) in [7, 11) is 1.64. The largest absolute Gasteiger partial charge is 0.497 e. The van der Waals surface area contributed by atoms with E-state index in [0.717, 1.165) is 17.3 Å². The fraction of sp³-hybridized carbons (Fsp3) is 0.227. The molecule has 1 aliphatic rings. The summed E-state index contributed by atoms with van der Waals surface area (Å²) in [6.45, 7) is 2.11. The third-order valence-corrected chi connectivity index (χ3v) is 5.05. The van der Waals surface area contributed by atoms with Crippen LogP contribution in [0.25, 0.3) is 5.69 Å². The molecule has 0 unspecified atom stereocenters. The number of methoxy groups -OCH3 is 1. The number of imidazole rings is 1. The molecule has 0 saturated carbocycles. The van der Waals surface area contributed by atoms with Crippen LogP contribution >= 0.6 is 0 Å². The number of hydrogen-bond donors (Lipinski definition) is 0. The summed E-state index contributed by atoms with van der Waals surface area (Å²) in [5, 5.41) is 9.31. The number of piperazine rings is 1. The molecule has 4 rings (SSSR count). The maximum absolute atomic E-state index is 12.8. The lowest BCUT2D eigenvalue weighted by atomic mass is 10.1. The first kappa shape index (κ1) is 18.7. The lowest BCUT2D eigenvalue weighted by Crippen LogP contribution is -2.50. The summed E-state index contributed by atoms with van der Waals surface area (Å²) < 4.78 is 7.23. The molecule has 146 valence electrons. The lowest BCUT2D eigenvalue weighted by Gasteiger charge is -2.34. The Balaban J connectivity index is 1.47. The van der Waals surface area contributed by atoms with Crippen LogP contribution in [0.5, 0.6) is 5.75 Å². The zero-order valence-electron chi connectivity index (χ0n) is 16.2. The number of rotatable bonds is 5. The standard InChI is InChI=1S/C22H21N5O2/c1-29-19-8-6-18(7-9-19)26-11-10-24-21(26)15-25-12-13-27(22(28)16-25)20-5-3-2-4-17(20)14-23/h2-11H,12-13,15-16H2,1H3. The first-order valence-corrected chi connectivity index (χ1v) is 9.38. The van der Waals surface area contributed by atoms with Crippen LogP contribution in [0.3, 0.4) is 0 Å². The van der Waals surface area contributed by atoms with Gasteiger partial charge >= 0.3 is 0 Å². The van der Waals surface area contributed by atoms with Crippen LogP contribution in [0.1, 0.15) is 11.4 Å². The second-order valence-corrected chi connectivity index (χ2v) is 6.80. The predicted octanol–water partition coefficient (Wildman–Crippen LogP) is 2.60. The van der Waals surface area contributed by atoms with Crippen LogP contribution in [-0.4, -0.2) is 47.1 Å². The molecule has 29 heavy (non-hydrogen) atoms. The summed E-state index contributed by atoms with van der Waals surface area (Å²) in [4.78, 5) is 21.0. The second kappa shape index (κ2) is 8.17. The zero-order chi connectivity index (χ0) is 20.2. The Morgan fingerprint density at radius 2 is 1.93 bits per heavy atom. The van der Waals surface area contributed by atoms with Gasteiger partial charge in [0.05, 0.1) is 31.5 Å². The normalized spacial score (nSPS) is 14.6. The van der Waals surface area contributed by atoms with E-state index in [1.807, 2.05) is 53.2 Å². The predicted molar refractivity (Wildman–Crippen MR) is 109 cm³/mol. The molecular weight excluding hydrogens is 366 g/mol. The van der Waals surface area contributed by atoms with E-state index < -0.39 is 0 Å². The van der Waals surface area contributed by atoms with E-state index in [2.05, 4.69) is 16.0 Å². The number of nitrogens with zero attached hydrogens (tertiary/aromatic N) is 5. The van der Waals surface area contributed by atoms with Crippen LogP contribution in [-0.2, 0) is 11.3 Å². The number of nitriles is 1. The molecule has 1 amide bonds. The van der Waals surface area contributed by atoms with Crippen molar-refractivity contribution < 1.29 is 9.53 Å². The molecule has 7 heteroatoms. The third kappa shape index (κ3) is 3.84. The van der Waals surface area contributed by atoms with Crippen molar-refractivity contribution in [3.8, 4) is 17.5 Å². The number of ether oxygens (including phenoxy) is 1. The smallest absolute Gasteiger partial charge is 0.241 e. The van der Waals surface area contributed by atoms with Crippen molar-refractivity contribution in [3.05, 3.63) is 72.3 Å². The molecule has 2 aromatic carbocycles. The molecule has 0 N–H and O–H groups in total. The molecule has 7 nitrogen and oxygen atoms in total. The van der Waals surface area contributed by atoms with E-state index in [0.29, 0.717) is 30.9 Å². The molecule has 1 aromatic heterocycles. The van der Waals surface area contributed by atoms with E-state index in [1.54, 1.807) is 24.3 Å². The minimum atomic E-state index is -0.0125. The highest BCUT2D eigenvalue weighted by Gasteiger charge is 2.27. The second-order valence-electron chi connectivity index (χ2n) is 6.80. The molecule has 1 aliphatic heterocycles. The highest BCUT2D eigenvalue weighted by atomic mass is 16.5. The Labute approximate surface area is 169 Å². The van der Waals surface area contributed by atoms with Crippen LogP contribution in [0.2, 0.25) is 0 Å². The van der Waals surface area contributed by atoms with Crippen molar-refractivity contribution in [3.63, 3.8) is 0 Å². The number of amides is 1. The average Bonchev–Trinajstić information content (AvgIpc) is 3.22.